The zero-order valence-electron chi connectivity index (χ0n) is 18.9. The summed E-state index contributed by atoms with van der Waals surface area (Å²) >= 11 is 18.8. The smallest absolute Gasteiger partial charge is 0.287 e. The van der Waals surface area contributed by atoms with Crippen molar-refractivity contribution in [2.75, 3.05) is 0 Å². The number of ketones is 1. The molecule has 4 rings (SSSR count). The van der Waals surface area contributed by atoms with Crippen LogP contribution in [-0.4, -0.2) is 22.3 Å². The Bertz CT molecular complexity index is 1270. The molecule has 8 heteroatoms. The van der Waals surface area contributed by atoms with Gasteiger partial charge in [-0.05, 0) is 55.8 Å². The van der Waals surface area contributed by atoms with E-state index in [4.69, 9.17) is 44.5 Å². The van der Waals surface area contributed by atoms with Crippen LogP contribution < -0.4 is 10.1 Å². The Morgan fingerprint density at radius 2 is 1.71 bits per heavy atom. The number of carbonyl (C=O) groups excluding carboxylic acids is 2. The number of fused-ring (bicyclic) bond motifs is 1. The number of halogens is 3. The van der Waals surface area contributed by atoms with Gasteiger partial charge in [-0.1, -0.05) is 53.9 Å². The third kappa shape index (κ3) is 5.07. The molecule has 0 fully saturated rings. The Morgan fingerprint density at radius 1 is 1.03 bits per heavy atom. The van der Waals surface area contributed by atoms with Crippen molar-refractivity contribution in [3.63, 3.8) is 0 Å². The van der Waals surface area contributed by atoms with E-state index in [1.54, 1.807) is 31.2 Å². The van der Waals surface area contributed by atoms with Gasteiger partial charge in [0.05, 0.1) is 16.8 Å². The van der Waals surface area contributed by atoms with Crippen LogP contribution in [0.3, 0.4) is 0 Å². The van der Waals surface area contributed by atoms with Crippen molar-refractivity contribution in [1.82, 2.24) is 10.3 Å². The fourth-order valence-corrected chi connectivity index (χ4v) is 4.64. The second-order valence-corrected chi connectivity index (χ2v) is 10.1. The first-order chi connectivity index (χ1) is 16.1. The van der Waals surface area contributed by atoms with Gasteiger partial charge in [-0.3, -0.25) is 9.59 Å². The molecule has 1 aliphatic rings. The van der Waals surface area contributed by atoms with Crippen molar-refractivity contribution in [3.8, 4) is 28.3 Å². The van der Waals surface area contributed by atoms with E-state index >= 15 is 0 Å². The second kappa shape index (κ2) is 9.57. The normalized spacial score (nSPS) is 16.4. The summed E-state index contributed by atoms with van der Waals surface area (Å²) in [4.78, 5) is 29.3. The molecule has 0 saturated heterocycles. The Hall–Kier alpha value is -2.60. The van der Waals surface area contributed by atoms with Gasteiger partial charge >= 0.3 is 0 Å². The molecule has 2 aromatic carbocycles. The van der Waals surface area contributed by atoms with Crippen LogP contribution in [0.25, 0.3) is 22.4 Å². The highest BCUT2D eigenvalue weighted by Gasteiger charge is 2.37. The number of carbonyl (C=O) groups is 2. The Labute approximate surface area is 213 Å². The van der Waals surface area contributed by atoms with Crippen LogP contribution in [0.5, 0.6) is 5.88 Å². The van der Waals surface area contributed by atoms with Gasteiger partial charge in [0.1, 0.15) is 5.60 Å². The summed E-state index contributed by atoms with van der Waals surface area (Å²) in [5.41, 5.74) is 3.01. The maximum absolute atomic E-state index is 12.5. The van der Waals surface area contributed by atoms with Crippen molar-refractivity contribution in [2.45, 2.75) is 45.3 Å². The zero-order chi connectivity index (χ0) is 24.6. The van der Waals surface area contributed by atoms with Crippen LogP contribution in [0.4, 0.5) is 0 Å². The largest absolute Gasteiger partial charge is 0.471 e. The van der Waals surface area contributed by atoms with Crippen LogP contribution in [0.15, 0.2) is 48.5 Å². The fraction of sp³-hybridized carbons (Fsp3) is 0.269. The molecule has 3 aromatic rings. The molecule has 5 nitrogen and oxygen atoms in total. The van der Waals surface area contributed by atoms with Crippen LogP contribution in [-0.2, 0) is 9.59 Å². The lowest BCUT2D eigenvalue weighted by Crippen LogP contribution is -2.43. The number of nitrogens with one attached hydrogen (secondary N) is 1. The molecule has 34 heavy (non-hydrogen) atoms. The molecular formula is C26H23Cl3N2O3. The number of ether oxygens (including phenoxy) is 1. The van der Waals surface area contributed by atoms with Gasteiger partial charge < -0.3 is 10.1 Å². The maximum atomic E-state index is 12.5. The first-order valence-electron chi connectivity index (χ1n) is 10.9. The molecule has 1 amide bonds. The Morgan fingerprint density at radius 3 is 2.35 bits per heavy atom. The maximum Gasteiger partial charge on any atom is 0.287 e. The van der Waals surface area contributed by atoms with Crippen LogP contribution in [0.1, 0.15) is 45.2 Å². The lowest BCUT2D eigenvalue weighted by atomic mass is 9.88. The molecule has 0 saturated carbocycles. The molecule has 2 heterocycles. The van der Waals surface area contributed by atoms with Crippen LogP contribution in [0, 0.1) is 0 Å². The van der Waals surface area contributed by atoms with E-state index in [1.807, 2.05) is 38.1 Å². The van der Waals surface area contributed by atoms with E-state index < -0.39 is 23.3 Å². The van der Waals surface area contributed by atoms with Crippen molar-refractivity contribution in [1.29, 1.82) is 0 Å². The highest BCUT2D eigenvalue weighted by atomic mass is 35.5. The average molecular weight is 518 g/mol. The van der Waals surface area contributed by atoms with Gasteiger partial charge in [0, 0.05) is 39.6 Å². The van der Waals surface area contributed by atoms with E-state index in [1.165, 1.54) is 0 Å². The predicted octanol–water partition coefficient (Wildman–Crippen LogP) is 7.07. The number of hydrogen-bond acceptors (Lipinski definition) is 4. The van der Waals surface area contributed by atoms with Gasteiger partial charge in [-0.2, -0.15) is 0 Å². The number of benzene rings is 2. The van der Waals surface area contributed by atoms with E-state index in [2.05, 4.69) is 5.32 Å². The Balaban J connectivity index is 1.92. The molecule has 1 aliphatic heterocycles. The third-order valence-corrected chi connectivity index (χ3v) is 6.48. The molecule has 1 unspecified atom stereocenters. The summed E-state index contributed by atoms with van der Waals surface area (Å²) in [5.74, 6) is -0.709. The number of aromatic nitrogens is 1. The fourth-order valence-electron chi connectivity index (χ4n) is 4.01. The average Bonchev–Trinajstić information content (AvgIpc) is 2.77. The van der Waals surface area contributed by atoms with Crippen molar-refractivity contribution < 1.29 is 14.3 Å². The van der Waals surface area contributed by atoms with Gasteiger partial charge in [0.25, 0.3) is 5.91 Å². The number of nitrogens with zero attached hydrogens (tertiary/aromatic N) is 1. The van der Waals surface area contributed by atoms with Gasteiger partial charge in [0.2, 0.25) is 11.7 Å². The molecule has 1 atom stereocenters. The molecule has 1 N–H and O–H groups in total. The summed E-state index contributed by atoms with van der Waals surface area (Å²) < 4.78 is 6.22. The highest BCUT2D eigenvalue weighted by molar-refractivity contribution is 6.37. The van der Waals surface area contributed by atoms with Crippen molar-refractivity contribution in [3.05, 3.63) is 69.2 Å². The SMILES string of the molecule is CCC(=O)C(=O)NC1CC(C)(C)Oc2nc(-c3ccc(Cl)cc3Cl)c(-c3ccc(Cl)cc3)cc21. The van der Waals surface area contributed by atoms with E-state index in [0.29, 0.717) is 44.2 Å². The predicted molar refractivity (Wildman–Crippen MR) is 136 cm³/mol. The van der Waals surface area contributed by atoms with E-state index in [-0.39, 0.29) is 6.42 Å². The van der Waals surface area contributed by atoms with Gasteiger partial charge in [-0.15, -0.1) is 0 Å². The molecular weight excluding hydrogens is 495 g/mol. The van der Waals surface area contributed by atoms with Gasteiger partial charge in [0.15, 0.2) is 0 Å². The standard InChI is InChI=1S/C26H23Cl3N2O3/c1-4-22(32)24(33)30-21-13-26(2,3)34-25-19(21)12-18(14-5-7-15(27)8-6-14)23(31-25)17-10-9-16(28)11-20(17)29/h5-12,21H,4,13H2,1-3H3,(H,30,33). The second-order valence-electron chi connectivity index (χ2n) is 8.78. The summed E-state index contributed by atoms with van der Waals surface area (Å²) in [6.45, 7) is 5.49. The van der Waals surface area contributed by atoms with Crippen LogP contribution in [0.2, 0.25) is 15.1 Å². The summed E-state index contributed by atoms with van der Waals surface area (Å²) in [6, 6.07) is 14.1. The Kier molecular flexibility index (Phi) is 6.90. The summed E-state index contributed by atoms with van der Waals surface area (Å²) in [5, 5.41) is 4.44. The van der Waals surface area contributed by atoms with Crippen molar-refractivity contribution in [2.24, 2.45) is 0 Å². The third-order valence-electron chi connectivity index (χ3n) is 5.68. The molecule has 1 aromatic heterocycles. The topological polar surface area (TPSA) is 68.3 Å². The van der Waals surface area contributed by atoms with Crippen molar-refractivity contribution >= 4 is 46.5 Å². The number of rotatable bonds is 5. The monoisotopic (exact) mass is 516 g/mol. The molecule has 0 spiro atoms. The quantitative estimate of drug-likeness (QED) is 0.367. The van der Waals surface area contributed by atoms with E-state index in [0.717, 1.165) is 11.1 Å². The minimum atomic E-state index is -0.617. The van der Waals surface area contributed by atoms with Crippen LogP contribution >= 0.6 is 34.8 Å². The van der Waals surface area contributed by atoms with Gasteiger partial charge in [-0.25, -0.2) is 4.98 Å². The molecule has 176 valence electrons. The zero-order valence-corrected chi connectivity index (χ0v) is 21.2. The number of amides is 1. The number of Topliss-reactive ketones (excluding diaryl/α,β-unsaturated/α-hetero) is 1. The molecule has 0 bridgehead atoms. The lowest BCUT2D eigenvalue weighted by molar-refractivity contribution is -0.138. The summed E-state index contributed by atoms with van der Waals surface area (Å²) in [6.07, 6.45) is 0.610. The highest BCUT2D eigenvalue weighted by Crippen LogP contribution is 2.44. The summed E-state index contributed by atoms with van der Waals surface area (Å²) in [7, 11) is 0. The first-order valence-corrected chi connectivity index (χ1v) is 12.0. The number of pyridine rings is 1. The minimum Gasteiger partial charge on any atom is -0.471 e. The molecule has 0 aliphatic carbocycles. The van der Waals surface area contributed by atoms with E-state index in [9.17, 15) is 9.59 Å². The number of hydrogen-bond donors (Lipinski definition) is 1. The molecule has 0 radical (unpaired) electrons. The lowest BCUT2D eigenvalue weighted by Gasteiger charge is -2.37. The minimum absolute atomic E-state index is 0.133. The first kappa shape index (κ1) is 24.5.